The second kappa shape index (κ2) is 32.5. The highest BCUT2D eigenvalue weighted by molar-refractivity contribution is 7.90. The Bertz CT molecular complexity index is 5140. The molecule has 7 aromatic heterocycles. The number of nitrogens with zero attached hydrogens (tertiary/aromatic N) is 24. The number of ether oxygens (including phenoxy) is 1. The number of primary sulfonamides is 1. The first-order valence-corrected chi connectivity index (χ1v) is 34.9. The van der Waals surface area contributed by atoms with Gasteiger partial charge in [-0.15, -0.1) is 48.3 Å². The van der Waals surface area contributed by atoms with Crippen molar-refractivity contribution in [2.24, 2.45) is 35.4 Å². The lowest BCUT2D eigenvalue weighted by atomic mass is 10.1. The van der Waals surface area contributed by atoms with Gasteiger partial charge in [0.15, 0.2) is 11.7 Å². The first-order valence-electron chi connectivity index (χ1n) is 30.5. The molecule has 0 spiro atoms. The van der Waals surface area contributed by atoms with Crippen LogP contribution >= 0.6 is 0 Å². The third kappa shape index (κ3) is 17.7. The summed E-state index contributed by atoms with van der Waals surface area (Å²) in [4.78, 5) is 56.4. The first-order chi connectivity index (χ1) is 48.0. The summed E-state index contributed by atoms with van der Waals surface area (Å²) in [6.07, 6.45) is 12.2. The molecule has 0 saturated heterocycles. The molecule has 0 amide bonds. The summed E-state index contributed by atoms with van der Waals surface area (Å²) in [5, 5.41) is 43.8. The van der Waals surface area contributed by atoms with Crippen LogP contribution in [0.2, 0.25) is 0 Å². The number of hydrogen-bond donors (Lipinski definition) is 2. The topological polar surface area (TPSA) is 445 Å². The maximum absolute atomic E-state index is 11.9. The standard InChI is InChI=1S/C22H20N8O2.C20H23N9O5S2.C20H22N8.O3S/c1-4-29(5-2)16-7-8-17(15(3)13-16)25-19-21-27-26-20(18-14-23-9-10-24-18)30(21)28-22(19)32-12-6-11-31;1-3-28(10-11-36(32,33)34)17-8-7-14(13(2)23-17)24-18-16(12-35(21,30)31)27-29-19(25-26-20(18)29)15-6-4-5-9-22-15;1-5-27(6-2)15-7-8-16(13(3)11-15)23-18-14(4)26-28-19(24-25-20(18)28)17-12-21-9-10-22-17;1-4(2)3/h7-10,12-14H,4-5H2,1-3H3;4-9H,3,10-12H2,1-2H3,(H2,21,30,31)(H,32,33,34);7-12H,5-6H2,1-4H3;. The van der Waals surface area contributed by atoms with Crippen molar-refractivity contribution in [2.75, 3.05) is 65.5 Å². The Labute approximate surface area is 574 Å². The molecule has 516 valence electrons. The Balaban J connectivity index is 0.000000171. The highest BCUT2D eigenvalue weighted by Crippen LogP contribution is 2.31. The lowest BCUT2D eigenvalue weighted by Gasteiger charge is -2.21. The number of benzene rings is 2. The van der Waals surface area contributed by atoms with Crippen LogP contribution < -0.4 is 19.8 Å². The number of carbonyl (C=O) groups excluding carboxylic acids is 1. The molecule has 12 rings (SSSR count). The van der Waals surface area contributed by atoms with E-state index in [2.05, 4.69) is 149 Å². The molecule has 0 saturated carbocycles. The number of hydrogen-bond acceptors (Lipinski definition) is 30. The average molecular weight is 1420 g/mol. The van der Waals surface area contributed by atoms with Crippen molar-refractivity contribution in [3.63, 3.8) is 0 Å². The average Bonchev–Trinajstić information content (AvgIpc) is 1.63. The molecule has 0 radical (unpaired) electrons. The summed E-state index contributed by atoms with van der Waals surface area (Å²) in [6.45, 7) is 22.4. The van der Waals surface area contributed by atoms with Crippen molar-refractivity contribution in [3.8, 4) is 34.6 Å². The van der Waals surface area contributed by atoms with E-state index in [0.29, 0.717) is 75.7 Å². The fourth-order valence-electron chi connectivity index (χ4n) is 10.0. The molecule has 9 aromatic rings. The van der Waals surface area contributed by atoms with Gasteiger partial charge in [-0.25, -0.2) is 48.3 Å². The van der Waals surface area contributed by atoms with Crippen molar-refractivity contribution in [1.29, 1.82) is 0 Å². The zero-order chi connectivity index (χ0) is 71.8. The number of aryl methyl sites for hydroxylation is 3. The molecule has 3 aliphatic heterocycles. The van der Waals surface area contributed by atoms with Crippen molar-refractivity contribution < 1.29 is 43.5 Å². The van der Waals surface area contributed by atoms with Crippen LogP contribution in [0.25, 0.3) is 34.6 Å². The van der Waals surface area contributed by atoms with Gasteiger partial charge in [-0.2, -0.15) is 32.6 Å². The number of sulfonamides is 1. The first kappa shape index (κ1) is 72.5. The highest BCUT2D eigenvalue weighted by atomic mass is 32.2. The zero-order valence-corrected chi connectivity index (χ0v) is 57.7. The van der Waals surface area contributed by atoms with Crippen LogP contribution in [0, 0.1) is 20.8 Å². The van der Waals surface area contributed by atoms with Gasteiger partial charge >= 0.3 is 10.6 Å². The van der Waals surface area contributed by atoms with Crippen LogP contribution in [0.4, 0.5) is 34.3 Å². The van der Waals surface area contributed by atoms with Gasteiger partial charge in [0.1, 0.15) is 52.0 Å². The number of nitrogens with two attached hydrogens (primary N) is 1. The summed E-state index contributed by atoms with van der Waals surface area (Å²) in [6, 6.07) is 20.9. The van der Waals surface area contributed by atoms with Crippen LogP contribution in [-0.2, 0) is 40.3 Å². The summed E-state index contributed by atoms with van der Waals surface area (Å²) < 4.78 is 90.4. The highest BCUT2D eigenvalue weighted by Gasteiger charge is 2.34. The van der Waals surface area contributed by atoms with Gasteiger partial charge < -0.3 is 19.4 Å². The van der Waals surface area contributed by atoms with E-state index in [9.17, 15) is 21.6 Å². The Morgan fingerprint density at radius 3 is 1.54 bits per heavy atom. The zero-order valence-electron chi connectivity index (χ0n) is 55.3. The van der Waals surface area contributed by atoms with E-state index in [4.69, 9.17) is 37.0 Å². The van der Waals surface area contributed by atoms with E-state index >= 15 is 0 Å². The van der Waals surface area contributed by atoms with Crippen LogP contribution in [0.3, 0.4) is 0 Å². The fourth-order valence-corrected chi connectivity index (χ4v) is 11.1. The van der Waals surface area contributed by atoms with Gasteiger partial charge in [0, 0.05) is 87.4 Å². The minimum atomic E-state index is -4.12. The second-order valence-electron chi connectivity index (χ2n) is 21.3. The predicted molar refractivity (Wildman–Crippen MR) is 373 cm³/mol. The Hall–Kier alpha value is -11.8. The van der Waals surface area contributed by atoms with Crippen LogP contribution in [0.5, 0.6) is 0 Å². The predicted octanol–water partition coefficient (Wildman–Crippen LogP) is 5.33. The molecule has 35 nitrogen and oxygen atoms in total. The second-order valence-corrected chi connectivity index (χ2v) is 24.9. The number of pyridine rings is 2. The monoisotopic (exact) mass is 1420 g/mol. The van der Waals surface area contributed by atoms with Crippen LogP contribution in [-0.4, -0.2) is 200 Å². The lowest BCUT2D eigenvalue weighted by molar-refractivity contribution is 0.478. The quantitative estimate of drug-likeness (QED) is 0.0421. The molecule has 100 heavy (non-hydrogen) atoms. The van der Waals surface area contributed by atoms with E-state index < -0.39 is 42.3 Å². The minimum absolute atomic E-state index is 0.0558. The SMILES string of the molecule is CCN(CC)c1ccc(N=C2C(C)=Nn3c2nnc3-c2cnccn2)c(C)c1.CCN(CC)c1ccc(N=C2C(OC=C=C=O)=Nn3c2nnc3-c2cnccn2)c(C)c1.CCN(CCS(=O)(=O)O)c1ccc(N=C2C(CS(N)(=O)=O)=Nn3c2nnc3-c2ccccn2)c(C)n1.O=S(=O)=O. The normalized spacial score (nSPS) is 13.8. The largest absolute Gasteiger partial charge is 0.435 e. The summed E-state index contributed by atoms with van der Waals surface area (Å²) >= 11 is 0. The summed E-state index contributed by atoms with van der Waals surface area (Å²) in [7, 11) is -11.2. The number of aliphatic imine (C=N–C) groups is 3. The summed E-state index contributed by atoms with van der Waals surface area (Å²) in [5.41, 5.74) is 12.9. The molecular weight excluding hydrogens is 1350 g/mol. The number of rotatable bonds is 20. The Kier molecular flexibility index (Phi) is 23.6. The number of aromatic nitrogens is 15. The van der Waals surface area contributed by atoms with Gasteiger partial charge in [0.2, 0.25) is 45.0 Å². The van der Waals surface area contributed by atoms with E-state index in [1.54, 1.807) is 90.2 Å². The van der Waals surface area contributed by atoms with E-state index in [1.807, 2.05) is 39.0 Å². The molecule has 3 aliphatic rings. The summed E-state index contributed by atoms with van der Waals surface area (Å²) in [5.74, 6) is 3.63. The van der Waals surface area contributed by atoms with Crippen molar-refractivity contribution in [3.05, 3.63) is 156 Å². The van der Waals surface area contributed by atoms with Gasteiger partial charge in [-0.3, -0.25) is 19.5 Å². The molecule has 2 aromatic carbocycles. The maximum Gasteiger partial charge on any atom is 0.425 e. The number of anilines is 3. The van der Waals surface area contributed by atoms with E-state index in [-0.39, 0.29) is 29.7 Å². The number of fused-ring (bicyclic) bond motifs is 3. The van der Waals surface area contributed by atoms with E-state index in [1.165, 1.54) is 21.0 Å². The van der Waals surface area contributed by atoms with Crippen LogP contribution in [0.1, 0.15) is 75.8 Å². The molecule has 38 heteroatoms. The molecule has 0 atom stereocenters. The van der Waals surface area contributed by atoms with E-state index in [0.717, 1.165) is 72.1 Å². The maximum atomic E-state index is 11.9. The third-order valence-electron chi connectivity index (χ3n) is 14.8. The van der Waals surface area contributed by atoms with Crippen molar-refractivity contribution in [1.82, 2.24) is 74.5 Å². The molecule has 0 bridgehead atoms. The van der Waals surface area contributed by atoms with Gasteiger partial charge in [-0.1, -0.05) is 6.07 Å². The van der Waals surface area contributed by atoms with Crippen molar-refractivity contribution in [2.45, 2.75) is 62.3 Å². The lowest BCUT2D eigenvalue weighted by Crippen LogP contribution is -2.29. The molecular formula is C62H65N25O10S3. The smallest absolute Gasteiger partial charge is 0.425 e. The molecule has 3 N–H and O–H groups in total. The van der Waals surface area contributed by atoms with Gasteiger partial charge in [0.25, 0.3) is 16.0 Å². The molecule has 0 fully saturated rings. The Morgan fingerprint density at radius 1 is 0.580 bits per heavy atom. The van der Waals surface area contributed by atoms with Gasteiger partial charge in [0.05, 0.1) is 46.6 Å². The van der Waals surface area contributed by atoms with Crippen molar-refractivity contribution >= 4 is 105 Å². The third-order valence-corrected chi connectivity index (χ3v) is 16.2. The fraction of sp³-hybridized carbons (Fsp3) is 0.274. The molecule has 0 unspecified atom stereocenters. The van der Waals surface area contributed by atoms with Crippen LogP contribution in [0.15, 0.2) is 152 Å². The molecule has 10 heterocycles. The van der Waals surface area contributed by atoms with Gasteiger partial charge in [-0.05, 0) is 134 Å². The molecule has 0 aliphatic carbocycles. The Morgan fingerprint density at radius 2 is 1.06 bits per heavy atom. The minimum Gasteiger partial charge on any atom is -0.435 e.